The maximum atomic E-state index is 11.5. The van der Waals surface area contributed by atoms with Crippen LogP contribution >= 0.6 is 0 Å². The molecular formula is C10H12N4O3. The van der Waals surface area contributed by atoms with E-state index in [2.05, 4.69) is 15.2 Å². The minimum Gasteiger partial charge on any atom is -0.394 e. The lowest BCUT2D eigenvalue weighted by atomic mass is 10.2. The van der Waals surface area contributed by atoms with E-state index in [9.17, 15) is 4.79 Å². The van der Waals surface area contributed by atoms with Crippen LogP contribution in [0.5, 0.6) is 0 Å². The highest BCUT2D eigenvalue weighted by molar-refractivity contribution is 5.72. The summed E-state index contributed by atoms with van der Waals surface area (Å²) in [6, 6.07) is 0. The van der Waals surface area contributed by atoms with Gasteiger partial charge in [-0.2, -0.15) is 5.10 Å². The monoisotopic (exact) mass is 236 g/mol. The molecule has 0 radical (unpaired) electrons. The van der Waals surface area contributed by atoms with E-state index >= 15 is 0 Å². The van der Waals surface area contributed by atoms with Crippen LogP contribution in [0.3, 0.4) is 0 Å². The van der Waals surface area contributed by atoms with Crippen molar-refractivity contribution in [2.45, 2.75) is 25.2 Å². The molecule has 90 valence electrons. The first-order chi connectivity index (χ1) is 8.29. The van der Waals surface area contributed by atoms with Crippen LogP contribution < -0.4 is 5.56 Å². The summed E-state index contributed by atoms with van der Waals surface area (Å²) in [7, 11) is 0. The molecule has 17 heavy (non-hydrogen) atoms. The van der Waals surface area contributed by atoms with Crippen LogP contribution in [0.25, 0.3) is 11.0 Å². The van der Waals surface area contributed by atoms with Crippen LogP contribution in [0.15, 0.2) is 17.3 Å². The zero-order chi connectivity index (χ0) is 11.8. The molecule has 0 spiro atoms. The van der Waals surface area contributed by atoms with Gasteiger partial charge >= 0.3 is 0 Å². The highest BCUT2D eigenvalue weighted by Crippen LogP contribution is 2.29. The second kappa shape index (κ2) is 3.94. The number of aromatic amines is 1. The van der Waals surface area contributed by atoms with Crippen molar-refractivity contribution < 1.29 is 9.84 Å². The third-order valence-corrected chi connectivity index (χ3v) is 3.00. The minimum atomic E-state index is -0.307. The Bertz CT molecular complexity index is 590. The van der Waals surface area contributed by atoms with Gasteiger partial charge in [0.1, 0.15) is 6.23 Å². The number of nitrogens with one attached hydrogen (secondary N) is 1. The normalized spacial score (nSPS) is 24.5. The van der Waals surface area contributed by atoms with Crippen LogP contribution in [0.1, 0.15) is 19.1 Å². The van der Waals surface area contributed by atoms with Crippen molar-refractivity contribution in [1.29, 1.82) is 0 Å². The molecule has 1 fully saturated rings. The number of imidazole rings is 1. The van der Waals surface area contributed by atoms with Gasteiger partial charge in [-0.3, -0.25) is 4.79 Å². The Morgan fingerprint density at radius 1 is 1.59 bits per heavy atom. The Hall–Kier alpha value is -1.73. The molecule has 0 aromatic carbocycles. The number of fused-ring (bicyclic) bond motifs is 1. The fourth-order valence-corrected chi connectivity index (χ4v) is 2.13. The van der Waals surface area contributed by atoms with Gasteiger partial charge in [0.25, 0.3) is 5.56 Å². The number of aromatic nitrogens is 4. The first-order valence-corrected chi connectivity index (χ1v) is 5.46. The minimum absolute atomic E-state index is 0.0158. The zero-order valence-corrected chi connectivity index (χ0v) is 9.04. The summed E-state index contributed by atoms with van der Waals surface area (Å²) in [6.45, 7) is 0.0158. The number of nitrogens with zero attached hydrogens (tertiary/aromatic N) is 3. The van der Waals surface area contributed by atoms with E-state index in [-0.39, 0.29) is 24.5 Å². The highest BCUT2D eigenvalue weighted by Gasteiger charge is 2.27. The first-order valence-electron chi connectivity index (χ1n) is 5.46. The van der Waals surface area contributed by atoms with E-state index in [4.69, 9.17) is 9.84 Å². The van der Waals surface area contributed by atoms with Crippen molar-refractivity contribution in [2.24, 2.45) is 0 Å². The predicted molar refractivity (Wildman–Crippen MR) is 58.4 cm³/mol. The van der Waals surface area contributed by atoms with Gasteiger partial charge in [-0.15, -0.1) is 0 Å². The van der Waals surface area contributed by atoms with Gasteiger partial charge < -0.3 is 14.4 Å². The zero-order valence-electron chi connectivity index (χ0n) is 9.04. The standard InChI is InChI=1S/C10H12N4O3/c15-4-6-1-2-8(17-6)14-5-11-9-7(14)3-12-13-10(9)16/h3,5-6,8,15H,1-2,4H2,(H,13,16)/t6-,8+/m0/s1. The Kier molecular flexibility index (Phi) is 2.41. The number of hydrogen-bond acceptors (Lipinski definition) is 5. The van der Waals surface area contributed by atoms with Gasteiger partial charge in [-0.05, 0) is 12.8 Å². The maximum Gasteiger partial charge on any atom is 0.292 e. The van der Waals surface area contributed by atoms with E-state index in [0.717, 1.165) is 12.8 Å². The van der Waals surface area contributed by atoms with Crippen LogP contribution in [-0.4, -0.2) is 37.6 Å². The van der Waals surface area contributed by atoms with Crippen molar-refractivity contribution in [2.75, 3.05) is 6.61 Å². The average molecular weight is 236 g/mol. The van der Waals surface area contributed by atoms with Gasteiger partial charge in [0, 0.05) is 0 Å². The summed E-state index contributed by atoms with van der Waals surface area (Å²) in [5.41, 5.74) is 0.700. The lowest BCUT2D eigenvalue weighted by Crippen LogP contribution is -2.14. The molecule has 0 saturated carbocycles. The van der Waals surface area contributed by atoms with Gasteiger partial charge in [-0.1, -0.05) is 0 Å². The fourth-order valence-electron chi connectivity index (χ4n) is 2.13. The van der Waals surface area contributed by atoms with Crippen molar-refractivity contribution in [3.63, 3.8) is 0 Å². The second-order valence-electron chi connectivity index (χ2n) is 4.06. The number of aliphatic hydroxyl groups excluding tert-OH is 1. The smallest absolute Gasteiger partial charge is 0.292 e. The average Bonchev–Trinajstić information content (AvgIpc) is 2.94. The summed E-state index contributed by atoms with van der Waals surface area (Å²) in [6.07, 6.45) is 4.42. The number of hydrogen-bond donors (Lipinski definition) is 2. The molecule has 0 amide bonds. The summed E-state index contributed by atoms with van der Waals surface area (Å²) in [5, 5.41) is 15.1. The van der Waals surface area contributed by atoms with Gasteiger partial charge in [0.2, 0.25) is 0 Å². The van der Waals surface area contributed by atoms with E-state index in [1.54, 1.807) is 17.1 Å². The molecule has 2 aromatic rings. The van der Waals surface area contributed by atoms with E-state index in [0.29, 0.717) is 11.0 Å². The molecule has 7 nitrogen and oxygen atoms in total. The summed E-state index contributed by atoms with van der Waals surface area (Å²) in [5.74, 6) is 0. The first kappa shape index (κ1) is 10.4. The van der Waals surface area contributed by atoms with Crippen molar-refractivity contribution in [3.8, 4) is 0 Å². The Morgan fingerprint density at radius 2 is 2.47 bits per heavy atom. The number of H-pyrrole nitrogens is 1. The molecule has 3 rings (SSSR count). The molecule has 2 aromatic heterocycles. The molecule has 1 aliphatic rings. The predicted octanol–water partition coefficient (Wildman–Crippen LogP) is -0.211. The second-order valence-corrected chi connectivity index (χ2v) is 4.06. The quantitative estimate of drug-likeness (QED) is 0.752. The van der Waals surface area contributed by atoms with Crippen molar-refractivity contribution >= 4 is 11.0 Å². The van der Waals surface area contributed by atoms with E-state index < -0.39 is 0 Å². The lowest BCUT2D eigenvalue weighted by Gasteiger charge is -2.13. The molecule has 2 N–H and O–H groups in total. The Labute approximate surface area is 96.0 Å². The van der Waals surface area contributed by atoms with Crippen LogP contribution in [0.2, 0.25) is 0 Å². The highest BCUT2D eigenvalue weighted by atomic mass is 16.5. The van der Waals surface area contributed by atoms with Gasteiger partial charge in [0.15, 0.2) is 5.52 Å². The summed E-state index contributed by atoms with van der Waals surface area (Å²) in [4.78, 5) is 15.5. The molecule has 0 bridgehead atoms. The molecular weight excluding hydrogens is 224 g/mol. The molecule has 0 unspecified atom stereocenters. The molecule has 1 saturated heterocycles. The third-order valence-electron chi connectivity index (χ3n) is 3.00. The molecule has 1 aliphatic heterocycles. The van der Waals surface area contributed by atoms with Gasteiger partial charge in [0.05, 0.1) is 30.8 Å². The lowest BCUT2D eigenvalue weighted by molar-refractivity contribution is -0.0205. The third kappa shape index (κ3) is 1.63. The van der Waals surface area contributed by atoms with Crippen LogP contribution in [-0.2, 0) is 4.74 Å². The Balaban J connectivity index is 2.02. The number of aliphatic hydroxyl groups is 1. The molecule has 0 aliphatic carbocycles. The number of ether oxygens (including phenoxy) is 1. The van der Waals surface area contributed by atoms with E-state index in [1.807, 2.05) is 0 Å². The van der Waals surface area contributed by atoms with Gasteiger partial charge in [-0.25, -0.2) is 10.1 Å². The topological polar surface area (TPSA) is 93.0 Å². The van der Waals surface area contributed by atoms with E-state index in [1.165, 1.54) is 0 Å². The van der Waals surface area contributed by atoms with Crippen LogP contribution in [0, 0.1) is 0 Å². The molecule has 7 heteroatoms. The van der Waals surface area contributed by atoms with Crippen molar-refractivity contribution in [1.82, 2.24) is 19.7 Å². The SMILES string of the molecule is O=c1[nH]ncc2c1ncn2[C@H]1CC[C@@H](CO)O1. The van der Waals surface area contributed by atoms with Crippen LogP contribution in [0.4, 0.5) is 0 Å². The summed E-state index contributed by atoms with van der Waals surface area (Å²) >= 11 is 0. The maximum absolute atomic E-state index is 11.5. The fraction of sp³-hybridized carbons (Fsp3) is 0.500. The molecule has 2 atom stereocenters. The summed E-state index contributed by atoms with van der Waals surface area (Å²) < 4.78 is 7.42. The Morgan fingerprint density at radius 3 is 3.24 bits per heavy atom. The number of rotatable bonds is 2. The van der Waals surface area contributed by atoms with Crippen molar-refractivity contribution in [3.05, 3.63) is 22.9 Å². The largest absolute Gasteiger partial charge is 0.394 e. The molecule has 3 heterocycles.